The monoisotopic (exact) mass is 316 g/mol. The zero-order valence-corrected chi connectivity index (χ0v) is 12.5. The van der Waals surface area contributed by atoms with E-state index in [2.05, 4.69) is 10.1 Å². The van der Waals surface area contributed by atoms with E-state index in [0.717, 1.165) is 0 Å². The van der Waals surface area contributed by atoms with Crippen molar-refractivity contribution >= 4 is 19.7 Å². The summed E-state index contributed by atoms with van der Waals surface area (Å²) in [6.45, 7) is 4.13. The molecule has 0 bridgehead atoms. The molecule has 2 rings (SSSR count). The number of hydrogen-bond donors (Lipinski definition) is 0. The minimum atomic E-state index is -3.84. The minimum Gasteiger partial charge on any atom is -0.493 e. The lowest BCUT2D eigenvalue weighted by Gasteiger charge is -2.08. The third-order valence-corrected chi connectivity index (χ3v) is 3.90. The van der Waals surface area contributed by atoms with Crippen molar-refractivity contribution in [2.24, 2.45) is 0 Å². The zero-order valence-electron chi connectivity index (χ0n) is 11.0. The molecule has 6 nitrogen and oxygen atoms in total. The third kappa shape index (κ3) is 3.10. The molecule has 0 spiro atoms. The van der Waals surface area contributed by atoms with Crippen molar-refractivity contribution in [2.45, 2.75) is 25.2 Å². The molecular weight excluding hydrogens is 304 g/mol. The molecule has 0 amide bonds. The third-order valence-electron chi connectivity index (χ3n) is 2.55. The summed E-state index contributed by atoms with van der Waals surface area (Å²) in [4.78, 5) is 4.12. The van der Waals surface area contributed by atoms with Gasteiger partial charge in [0.1, 0.15) is 5.75 Å². The zero-order chi connectivity index (χ0) is 14.8. The van der Waals surface area contributed by atoms with Crippen molar-refractivity contribution in [3.63, 3.8) is 0 Å². The maximum Gasteiger partial charge on any atom is 0.261 e. The molecule has 0 radical (unpaired) electrons. The number of halogens is 1. The predicted octanol–water partition coefficient (Wildman–Crippen LogP) is 2.63. The van der Waals surface area contributed by atoms with Crippen LogP contribution in [0.25, 0.3) is 11.5 Å². The van der Waals surface area contributed by atoms with Gasteiger partial charge in [-0.05, 0) is 25.1 Å². The van der Waals surface area contributed by atoms with Gasteiger partial charge in [-0.1, -0.05) is 12.1 Å². The van der Waals surface area contributed by atoms with E-state index in [1.807, 2.05) is 13.8 Å². The van der Waals surface area contributed by atoms with E-state index < -0.39 is 9.05 Å². The maximum absolute atomic E-state index is 11.4. The highest BCUT2D eigenvalue weighted by molar-refractivity contribution is 8.13. The van der Waals surface area contributed by atoms with E-state index in [4.69, 9.17) is 19.9 Å². The van der Waals surface area contributed by atoms with Crippen molar-refractivity contribution in [1.29, 1.82) is 0 Å². The molecule has 1 aromatic heterocycles. The number of hydrogen-bond acceptors (Lipinski definition) is 6. The Hall–Kier alpha value is -1.60. The van der Waals surface area contributed by atoms with Crippen LogP contribution in [0.1, 0.15) is 19.7 Å². The number of aromatic nitrogens is 2. The van der Waals surface area contributed by atoms with E-state index in [-0.39, 0.29) is 10.8 Å². The highest BCUT2D eigenvalue weighted by Crippen LogP contribution is 2.32. The molecule has 0 aliphatic heterocycles. The second-order valence-corrected chi connectivity index (χ2v) is 6.46. The van der Waals surface area contributed by atoms with E-state index in [1.165, 1.54) is 18.2 Å². The first-order valence-electron chi connectivity index (χ1n) is 6.00. The summed E-state index contributed by atoms with van der Waals surface area (Å²) >= 11 is 0. The van der Waals surface area contributed by atoms with Crippen LogP contribution in [0.2, 0.25) is 0 Å². The van der Waals surface area contributed by atoms with Crippen LogP contribution in [-0.2, 0) is 15.5 Å². The SMILES string of the molecule is CCOc1ccc(S(=O)(=O)Cl)cc1-c1nc(CC)no1. The first-order chi connectivity index (χ1) is 9.45. The highest BCUT2D eigenvalue weighted by atomic mass is 35.7. The fourth-order valence-electron chi connectivity index (χ4n) is 1.62. The molecule has 0 saturated heterocycles. The average Bonchev–Trinajstić information content (AvgIpc) is 2.87. The number of aryl methyl sites for hydroxylation is 1. The van der Waals surface area contributed by atoms with Crippen LogP contribution in [0.15, 0.2) is 27.6 Å². The molecule has 0 unspecified atom stereocenters. The molecule has 8 heteroatoms. The van der Waals surface area contributed by atoms with Gasteiger partial charge >= 0.3 is 0 Å². The van der Waals surface area contributed by atoms with Gasteiger partial charge in [0.15, 0.2) is 5.82 Å². The van der Waals surface area contributed by atoms with E-state index in [0.29, 0.717) is 30.2 Å². The van der Waals surface area contributed by atoms with Gasteiger partial charge in [0.2, 0.25) is 0 Å². The van der Waals surface area contributed by atoms with Crippen molar-refractivity contribution in [2.75, 3.05) is 6.61 Å². The van der Waals surface area contributed by atoms with Crippen LogP contribution in [0.4, 0.5) is 0 Å². The predicted molar refractivity (Wildman–Crippen MR) is 73.3 cm³/mol. The lowest BCUT2D eigenvalue weighted by Crippen LogP contribution is -1.97. The van der Waals surface area contributed by atoms with Gasteiger partial charge < -0.3 is 9.26 Å². The molecule has 2 aromatic rings. The van der Waals surface area contributed by atoms with Crippen LogP contribution in [0, 0.1) is 0 Å². The largest absolute Gasteiger partial charge is 0.493 e. The van der Waals surface area contributed by atoms with Crippen LogP contribution >= 0.6 is 10.7 Å². The lowest BCUT2D eigenvalue weighted by atomic mass is 10.2. The molecule has 0 saturated carbocycles. The van der Waals surface area contributed by atoms with Crippen molar-refractivity contribution in [1.82, 2.24) is 10.1 Å². The van der Waals surface area contributed by atoms with E-state index in [1.54, 1.807) is 0 Å². The maximum atomic E-state index is 11.4. The van der Waals surface area contributed by atoms with Gasteiger partial charge in [0, 0.05) is 17.1 Å². The Morgan fingerprint density at radius 1 is 1.35 bits per heavy atom. The highest BCUT2D eigenvalue weighted by Gasteiger charge is 2.18. The lowest BCUT2D eigenvalue weighted by molar-refractivity contribution is 0.339. The smallest absolute Gasteiger partial charge is 0.261 e. The molecule has 108 valence electrons. The van der Waals surface area contributed by atoms with Gasteiger partial charge in [0.05, 0.1) is 17.1 Å². The summed E-state index contributed by atoms with van der Waals surface area (Å²) < 4.78 is 33.4. The summed E-state index contributed by atoms with van der Waals surface area (Å²) in [6, 6.07) is 4.25. The Morgan fingerprint density at radius 2 is 2.10 bits per heavy atom. The van der Waals surface area contributed by atoms with E-state index >= 15 is 0 Å². The fourth-order valence-corrected chi connectivity index (χ4v) is 2.39. The van der Waals surface area contributed by atoms with Crippen LogP contribution in [0.3, 0.4) is 0 Å². The first kappa shape index (κ1) is 14.8. The van der Waals surface area contributed by atoms with Gasteiger partial charge in [-0.25, -0.2) is 8.42 Å². The van der Waals surface area contributed by atoms with Gasteiger partial charge in [0.25, 0.3) is 14.9 Å². The Kier molecular flexibility index (Phi) is 4.29. The standard InChI is InChI=1S/C12H13ClN2O4S/c1-3-11-14-12(19-15-11)9-7-8(20(13,16)17)5-6-10(9)18-4-2/h5-7H,3-4H2,1-2H3. The molecule has 1 aromatic carbocycles. The topological polar surface area (TPSA) is 82.3 Å². The van der Waals surface area contributed by atoms with Crippen molar-refractivity contribution in [3.05, 3.63) is 24.0 Å². The van der Waals surface area contributed by atoms with Crippen LogP contribution in [0.5, 0.6) is 5.75 Å². The van der Waals surface area contributed by atoms with Gasteiger partial charge in [-0.2, -0.15) is 4.98 Å². The Labute approximate surface area is 121 Å². The molecule has 0 aliphatic carbocycles. The Morgan fingerprint density at radius 3 is 2.65 bits per heavy atom. The van der Waals surface area contributed by atoms with Gasteiger partial charge in [-0.15, -0.1) is 0 Å². The molecule has 0 aliphatic rings. The number of nitrogens with zero attached hydrogens (tertiary/aromatic N) is 2. The van der Waals surface area contributed by atoms with Crippen molar-refractivity contribution in [3.8, 4) is 17.2 Å². The van der Waals surface area contributed by atoms with Crippen molar-refractivity contribution < 1.29 is 17.7 Å². The number of ether oxygens (including phenoxy) is 1. The van der Waals surface area contributed by atoms with Crippen LogP contribution in [-0.4, -0.2) is 25.2 Å². The Balaban J connectivity index is 2.57. The summed E-state index contributed by atoms with van der Waals surface area (Å²) in [5.41, 5.74) is 0.403. The first-order valence-corrected chi connectivity index (χ1v) is 8.31. The second kappa shape index (κ2) is 5.80. The summed E-state index contributed by atoms with van der Waals surface area (Å²) in [5.74, 6) is 1.19. The quantitative estimate of drug-likeness (QED) is 0.789. The van der Waals surface area contributed by atoms with Crippen LogP contribution < -0.4 is 4.74 Å². The Bertz CT molecular complexity index is 712. The number of benzene rings is 1. The average molecular weight is 317 g/mol. The molecule has 0 atom stereocenters. The molecule has 1 heterocycles. The molecule has 0 N–H and O–H groups in total. The molecule has 20 heavy (non-hydrogen) atoms. The summed E-state index contributed by atoms with van der Waals surface area (Å²) in [7, 11) is 1.51. The normalized spacial score (nSPS) is 11.6. The second-order valence-electron chi connectivity index (χ2n) is 3.90. The number of rotatable bonds is 5. The minimum absolute atomic E-state index is 0.0473. The molecule has 0 fully saturated rings. The summed E-state index contributed by atoms with van der Waals surface area (Å²) in [6.07, 6.45) is 0.612. The van der Waals surface area contributed by atoms with Gasteiger partial charge in [-0.3, -0.25) is 0 Å². The fraction of sp³-hybridized carbons (Fsp3) is 0.333. The molecular formula is C12H13ClN2O4S. The van der Waals surface area contributed by atoms with E-state index in [9.17, 15) is 8.42 Å². The summed E-state index contributed by atoms with van der Waals surface area (Å²) in [5, 5.41) is 3.78.